The van der Waals surface area contributed by atoms with Gasteiger partial charge in [0.15, 0.2) is 0 Å². The maximum atomic E-state index is 5.46. The molecule has 0 saturated carbocycles. The summed E-state index contributed by atoms with van der Waals surface area (Å²) in [6.45, 7) is 8.00. The van der Waals surface area contributed by atoms with E-state index < -0.39 is 8.32 Å². The lowest BCUT2D eigenvalue weighted by Gasteiger charge is -2.15. The molecule has 0 N–H and O–H groups in total. The number of hydrogen-bond donors (Lipinski definition) is 0. The average Bonchev–Trinajstić information content (AvgIpc) is 1.67. The predicted molar refractivity (Wildman–Crippen MR) is 43.6 cm³/mol. The van der Waals surface area contributed by atoms with Gasteiger partial charge in [0.05, 0.1) is 0 Å². The van der Waals surface area contributed by atoms with Crippen molar-refractivity contribution in [3.63, 3.8) is 0 Å². The minimum absolute atomic E-state index is 0.950. The molecule has 0 amide bonds. The molecule has 0 aromatic carbocycles. The zero-order valence-corrected chi connectivity index (χ0v) is 8.90. The van der Waals surface area contributed by atoms with E-state index in [4.69, 9.17) is 4.43 Å². The third-order valence-corrected chi connectivity index (χ3v) is 3.89. The Morgan fingerprint density at radius 3 is 2.38 bits per heavy atom. The molecule has 0 heterocycles. The van der Waals surface area contributed by atoms with Gasteiger partial charge in [-0.1, -0.05) is 5.70 Å². The van der Waals surface area contributed by atoms with Gasteiger partial charge in [0.2, 0.25) is 8.32 Å². The van der Waals surface area contributed by atoms with E-state index in [9.17, 15) is 0 Å². The van der Waals surface area contributed by atoms with E-state index in [0.717, 1.165) is 16.5 Å². The van der Waals surface area contributed by atoms with Crippen LogP contribution in [-0.2, 0) is 4.43 Å². The second-order valence-corrected chi connectivity index (χ2v) is 6.72. The van der Waals surface area contributed by atoms with Crippen LogP contribution in [-0.4, -0.2) is 24.8 Å². The lowest BCUT2D eigenvalue weighted by Crippen LogP contribution is -2.27. The first-order chi connectivity index (χ1) is 3.62. The van der Waals surface area contributed by atoms with Crippen molar-refractivity contribution in [1.82, 2.24) is 0 Å². The van der Waals surface area contributed by atoms with Gasteiger partial charge < -0.3 is 4.43 Å². The molecule has 0 aromatic heterocycles. The van der Waals surface area contributed by atoms with Crippen LogP contribution in [0.2, 0.25) is 13.1 Å². The summed E-state index contributed by atoms with van der Waals surface area (Å²) in [5, 5.41) is 0. The Bertz CT molecular complexity index is 80.5. The quantitative estimate of drug-likeness (QED) is 0.519. The summed E-state index contributed by atoms with van der Waals surface area (Å²) in [6.07, 6.45) is 0.950. The van der Waals surface area contributed by atoms with Gasteiger partial charge in [0.25, 0.3) is 0 Å². The number of hydrogen-bond acceptors (Lipinski definition) is 1. The summed E-state index contributed by atoms with van der Waals surface area (Å²) in [5.74, 6) is 0. The molecule has 0 saturated heterocycles. The summed E-state index contributed by atoms with van der Waals surface area (Å²) >= 11 is 0. The third kappa shape index (κ3) is 3.18. The van der Waals surface area contributed by atoms with Crippen LogP contribution >= 0.6 is 0 Å². The van der Waals surface area contributed by atoms with Crippen molar-refractivity contribution >= 4 is 18.6 Å². The second-order valence-electron chi connectivity index (χ2n) is 2.24. The van der Waals surface area contributed by atoms with E-state index in [1.54, 1.807) is 0 Å². The summed E-state index contributed by atoms with van der Waals surface area (Å²) in [5.41, 5.74) is 1.96. The van der Waals surface area contributed by atoms with E-state index in [0.29, 0.717) is 0 Å². The van der Waals surface area contributed by atoms with E-state index in [1.165, 1.54) is 0 Å². The largest absolute Gasteiger partial charge is 0.418 e. The fourth-order valence-electron chi connectivity index (χ4n) is 0.431. The molecular weight excluding hydrogens is 132 g/mol. The highest BCUT2D eigenvalue weighted by atomic mass is 28.4. The minimum Gasteiger partial charge on any atom is -0.418 e. The van der Waals surface area contributed by atoms with Gasteiger partial charge in [-0.3, -0.25) is 0 Å². The highest BCUT2D eigenvalue weighted by Gasteiger charge is 2.14. The van der Waals surface area contributed by atoms with Crippen molar-refractivity contribution in [2.24, 2.45) is 0 Å². The van der Waals surface area contributed by atoms with Crippen LogP contribution in [0.25, 0.3) is 0 Å². The first-order valence-corrected chi connectivity index (χ1v) is 7.30. The van der Waals surface area contributed by atoms with Crippen LogP contribution in [0.15, 0.2) is 12.3 Å². The summed E-state index contributed by atoms with van der Waals surface area (Å²) < 4.78 is 5.46. The molecule has 0 spiro atoms. The van der Waals surface area contributed by atoms with Crippen LogP contribution < -0.4 is 0 Å². The van der Waals surface area contributed by atoms with Crippen LogP contribution in [0.4, 0.5) is 0 Å². The molecule has 0 fully saturated rings. The maximum Gasteiger partial charge on any atom is 0.209 e. The molecule has 0 atom stereocenters. The van der Waals surface area contributed by atoms with Crippen LogP contribution in [0.1, 0.15) is 0 Å². The standard InChI is InChI=1S/C5H14OSi2/c1-4-8(2,3)6-5-7/h4H,1,5H2,2-3,7H3. The zero-order chi connectivity index (χ0) is 6.62. The Labute approximate surface area is 55.3 Å². The monoisotopic (exact) mass is 146 g/mol. The highest BCUT2D eigenvalue weighted by Crippen LogP contribution is 2.02. The maximum absolute atomic E-state index is 5.46. The molecule has 0 radical (unpaired) electrons. The average molecular weight is 146 g/mol. The van der Waals surface area contributed by atoms with Crippen molar-refractivity contribution in [3.8, 4) is 0 Å². The molecule has 0 bridgehead atoms. The van der Waals surface area contributed by atoms with Crippen molar-refractivity contribution in [1.29, 1.82) is 0 Å². The summed E-state index contributed by atoms with van der Waals surface area (Å²) in [4.78, 5) is 0. The topological polar surface area (TPSA) is 9.23 Å². The van der Waals surface area contributed by atoms with E-state index in [-0.39, 0.29) is 0 Å². The summed E-state index contributed by atoms with van der Waals surface area (Å²) in [7, 11) is -0.240. The molecule has 48 valence electrons. The van der Waals surface area contributed by atoms with E-state index >= 15 is 0 Å². The molecule has 0 aliphatic heterocycles. The van der Waals surface area contributed by atoms with Crippen LogP contribution in [0.5, 0.6) is 0 Å². The van der Waals surface area contributed by atoms with Gasteiger partial charge in [-0.15, -0.1) is 6.58 Å². The Balaban J connectivity index is 3.53. The van der Waals surface area contributed by atoms with Gasteiger partial charge in [0, 0.05) is 16.5 Å². The highest BCUT2D eigenvalue weighted by molar-refractivity contribution is 6.76. The molecule has 0 unspecified atom stereocenters. The lowest BCUT2D eigenvalue weighted by atomic mass is 11.3. The Hall–Kier alpha value is 0.134. The second kappa shape index (κ2) is 3.22. The fraction of sp³-hybridized carbons (Fsp3) is 0.600. The Morgan fingerprint density at radius 2 is 2.25 bits per heavy atom. The van der Waals surface area contributed by atoms with Crippen LogP contribution in [0, 0.1) is 0 Å². The fourth-order valence-corrected chi connectivity index (χ4v) is 3.52. The molecule has 0 aliphatic rings. The van der Waals surface area contributed by atoms with Crippen molar-refractivity contribution in [2.45, 2.75) is 13.1 Å². The van der Waals surface area contributed by atoms with E-state index in [2.05, 4.69) is 19.7 Å². The SMILES string of the molecule is C=C[Si](C)(C)OC[SiH3]. The van der Waals surface area contributed by atoms with Crippen LogP contribution in [0.3, 0.4) is 0 Å². The molecule has 8 heavy (non-hydrogen) atoms. The smallest absolute Gasteiger partial charge is 0.209 e. The molecule has 1 nitrogen and oxygen atoms in total. The minimum atomic E-state index is -1.38. The van der Waals surface area contributed by atoms with Gasteiger partial charge in [-0.25, -0.2) is 0 Å². The van der Waals surface area contributed by atoms with Gasteiger partial charge in [0.1, 0.15) is 0 Å². The molecular formula is C5H14OSi2. The Kier molecular flexibility index (Phi) is 3.27. The summed E-state index contributed by atoms with van der Waals surface area (Å²) in [6, 6.07) is 0. The van der Waals surface area contributed by atoms with Crippen molar-refractivity contribution < 1.29 is 4.43 Å². The van der Waals surface area contributed by atoms with E-state index in [1.807, 2.05) is 5.70 Å². The van der Waals surface area contributed by atoms with Crippen molar-refractivity contribution in [3.05, 3.63) is 12.3 Å². The number of rotatable bonds is 3. The third-order valence-electron chi connectivity index (χ3n) is 1.01. The predicted octanol–water partition coefficient (Wildman–Crippen LogP) is 0.256. The van der Waals surface area contributed by atoms with Gasteiger partial charge in [-0.2, -0.15) is 0 Å². The molecule has 0 aromatic rings. The zero-order valence-electron chi connectivity index (χ0n) is 5.90. The molecule has 0 rings (SSSR count). The molecule has 0 aliphatic carbocycles. The lowest BCUT2D eigenvalue weighted by molar-refractivity contribution is 0.387. The molecule has 3 heteroatoms. The Morgan fingerprint density at radius 1 is 1.75 bits per heavy atom. The first-order valence-electron chi connectivity index (χ1n) is 2.90. The first kappa shape index (κ1) is 8.13. The van der Waals surface area contributed by atoms with Gasteiger partial charge in [-0.05, 0) is 13.1 Å². The normalized spacial score (nSPS) is 11.8. The van der Waals surface area contributed by atoms with Gasteiger partial charge >= 0.3 is 0 Å². The van der Waals surface area contributed by atoms with Crippen molar-refractivity contribution in [2.75, 3.05) is 6.23 Å².